The highest BCUT2D eigenvalue weighted by Crippen LogP contribution is 2.64. The Kier molecular flexibility index (Phi) is 9.04. The second-order valence-corrected chi connectivity index (χ2v) is 17.0. The Balaban J connectivity index is 1.05. The molecule has 2 atom stereocenters. The molecule has 0 amide bonds. The molecule has 0 fully saturated rings. The van der Waals surface area contributed by atoms with Gasteiger partial charge in [-0.3, -0.25) is 0 Å². The SMILES string of the molecule is C1=CCCC(N(c2ccc(-c3ccccc3)cc2)C2CC=CC3=C2c2ccccc2C32c3ccccc3-c3ccc(N(c4ccccc4)c4ccc(-c5ccccc5)cc4)cc32)=C1. The first kappa shape index (κ1) is 37.1. The van der Waals surface area contributed by atoms with Crippen molar-refractivity contribution in [1.82, 2.24) is 0 Å². The highest BCUT2D eigenvalue weighted by Gasteiger charge is 2.54. The van der Waals surface area contributed by atoms with Gasteiger partial charge in [-0.25, -0.2) is 0 Å². The molecule has 0 aliphatic heterocycles. The van der Waals surface area contributed by atoms with Crippen molar-refractivity contribution < 1.29 is 0 Å². The van der Waals surface area contributed by atoms with E-state index in [1.165, 1.54) is 78.2 Å². The van der Waals surface area contributed by atoms with Gasteiger partial charge in [0.15, 0.2) is 0 Å². The molecule has 2 unspecified atom stereocenters. The van der Waals surface area contributed by atoms with Crippen LogP contribution in [-0.4, -0.2) is 6.04 Å². The molecule has 4 aliphatic rings. The fraction of sp³-hybridized carbons (Fsp3) is 0.0820. The van der Waals surface area contributed by atoms with Gasteiger partial charge in [-0.15, -0.1) is 0 Å². The summed E-state index contributed by atoms with van der Waals surface area (Å²) in [5.74, 6) is 0. The molecule has 0 bridgehead atoms. The van der Waals surface area contributed by atoms with Crippen LogP contribution in [0.25, 0.3) is 39.0 Å². The third kappa shape index (κ3) is 6.01. The quantitative estimate of drug-likeness (QED) is 0.151. The van der Waals surface area contributed by atoms with Crippen LogP contribution in [0.1, 0.15) is 41.5 Å². The molecule has 0 N–H and O–H groups in total. The van der Waals surface area contributed by atoms with E-state index in [2.05, 4.69) is 246 Å². The van der Waals surface area contributed by atoms with E-state index in [0.717, 1.165) is 36.3 Å². The summed E-state index contributed by atoms with van der Waals surface area (Å²) in [5.41, 5.74) is 21.2. The Morgan fingerprint density at radius 1 is 0.429 bits per heavy atom. The van der Waals surface area contributed by atoms with Gasteiger partial charge in [0, 0.05) is 28.4 Å². The summed E-state index contributed by atoms with van der Waals surface area (Å²) in [5, 5.41) is 0. The zero-order chi connectivity index (χ0) is 41.7. The molecule has 8 aromatic carbocycles. The van der Waals surface area contributed by atoms with Gasteiger partial charge in [0.1, 0.15) is 0 Å². The van der Waals surface area contributed by atoms with Gasteiger partial charge in [0.25, 0.3) is 0 Å². The van der Waals surface area contributed by atoms with Crippen LogP contribution in [-0.2, 0) is 5.41 Å². The van der Waals surface area contributed by atoms with E-state index >= 15 is 0 Å². The van der Waals surface area contributed by atoms with E-state index in [0.29, 0.717) is 0 Å². The van der Waals surface area contributed by atoms with Crippen molar-refractivity contribution in [3.63, 3.8) is 0 Å². The van der Waals surface area contributed by atoms with E-state index in [-0.39, 0.29) is 6.04 Å². The van der Waals surface area contributed by atoms with Crippen molar-refractivity contribution in [3.05, 3.63) is 270 Å². The highest BCUT2D eigenvalue weighted by atomic mass is 15.2. The summed E-state index contributed by atoms with van der Waals surface area (Å²) in [6, 6.07) is 76.3. The third-order valence-corrected chi connectivity index (χ3v) is 13.7. The topological polar surface area (TPSA) is 6.48 Å². The van der Waals surface area contributed by atoms with Crippen LogP contribution in [0.15, 0.2) is 248 Å². The van der Waals surface area contributed by atoms with Gasteiger partial charge in [-0.1, -0.05) is 182 Å². The summed E-state index contributed by atoms with van der Waals surface area (Å²) in [6.45, 7) is 0. The van der Waals surface area contributed by atoms with Crippen molar-refractivity contribution in [1.29, 1.82) is 0 Å². The third-order valence-electron chi connectivity index (χ3n) is 13.7. The number of allylic oxidation sites excluding steroid dienone is 6. The first-order chi connectivity index (χ1) is 31.3. The Labute approximate surface area is 370 Å². The fourth-order valence-electron chi connectivity index (χ4n) is 11.0. The number of anilines is 4. The van der Waals surface area contributed by atoms with E-state index in [1.807, 2.05) is 0 Å². The zero-order valence-electron chi connectivity index (χ0n) is 35.1. The Morgan fingerprint density at radius 3 is 1.60 bits per heavy atom. The van der Waals surface area contributed by atoms with Crippen molar-refractivity contribution >= 4 is 28.3 Å². The minimum absolute atomic E-state index is 0.106. The molecule has 0 saturated heterocycles. The van der Waals surface area contributed by atoms with Crippen molar-refractivity contribution in [2.24, 2.45) is 0 Å². The molecule has 1 spiro atoms. The Hall–Kier alpha value is -7.68. The molecule has 8 aromatic rings. The van der Waals surface area contributed by atoms with E-state index in [9.17, 15) is 0 Å². The maximum absolute atomic E-state index is 2.67. The molecule has 2 nitrogen and oxygen atoms in total. The molecule has 63 heavy (non-hydrogen) atoms. The predicted molar refractivity (Wildman–Crippen MR) is 264 cm³/mol. The Morgan fingerprint density at radius 2 is 0.952 bits per heavy atom. The molecular formula is C61H46N2. The molecule has 0 heterocycles. The van der Waals surface area contributed by atoms with Crippen LogP contribution in [0.4, 0.5) is 22.7 Å². The lowest BCUT2D eigenvalue weighted by atomic mass is 9.68. The molecule has 300 valence electrons. The molecule has 0 saturated carbocycles. The highest BCUT2D eigenvalue weighted by molar-refractivity contribution is 5.99. The smallest absolute Gasteiger partial charge is 0.0723 e. The van der Waals surface area contributed by atoms with Gasteiger partial charge in [0.2, 0.25) is 0 Å². The standard InChI is InChI=1S/C61H46N2/c1-5-18-43(19-6-1)45-32-36-49(37-33-45)62(47-22-9-3-10-23-47)51-40-41-53-52-26-13-15-28-55(52)61(58(53)42-51)56-29-16-14-27-54(56)60-57(61)30-17-31-59(60)63(48-24-11-4-12-25-48)50-38-34-46(35-39-50)44-20-7-2-8-21-44/h1-11,13-24,26-30,32-42,59H,12,25,31H2. The number of hydrogen-bond acceptors (Lipinski definition) is 2. The largest absolute Gasteiger partial charge is 0.337 e. The summed E-state index contributed by atoms with van der Waals surface area (Å²) in [6.07, 6.45) is 14.8. The molecule has 4 aliphatic carbocycles. The summed E-state index contributed by atoms with van der Waals surface area (Å²) in [4.78, 5) is 5.09. The summed E-state index contributed by atoms with van der Waals surface area (Å²) >= 11 is 0. The number of rotatable bonds is 8. The van der Waals surface area contributed by atoms with Crippen LogP contribution < -0.4 is 9.80 Å². The van der Waals surface area contributed by atoms with Crippen LogP contribution in [0.3, 0.4) is 0 Å². The molecule has 2 heteroatoms. The average Bonchev–Trinajstić information content (AvgIpc) is 3.83. The Bertz CT molecular complexity index is 3120. The molecule has 0 radical (unpaired) electrons. The van der Waals surface area contributed by atoms with Crippen molar-refractivity contribution in [3.8, 4) is 33.4 Å². The first-order valence-corrected chi connectivity index (χ1v) is 22.3. The van der Waals surface area contributed by atoms with Gasteiger partial charge < -0.3 is 9.80 Å². The lowest BCUT2D eigenvalue weighted by molar-refractivity contribution is 0.720. The lowest BCUT2D eigenvalue weighted by Crippen LogP contribution is -2.37. The second-order valence-electron chi connectivity index (χ2n) is 17.0. The minimum Gasteiger partial charge on any atom is -0.337 e. The monoisotopic (exact) mass is 806 g/mol. The van der Waals surface area contributed by atoms with Crippen molar-refractivity contribution in [2.75, 3.05) is 9.80 Å². The maximum Gasteiger partial charge on any atom is 0.0723 e. The summed E-state index contributed by atoms with van der Waals surface area (Å²) < 4.78 is 0. The fourth-order valence-corrected chi connectivity index (χ4v) is 11.0. The van der Waals surface area contributed by atoms with Crippen LogP contribution in [0, 0.1) is 0 Å². The van der Waals surface area contributed by atoms with Crippen LogP contribution >= 0.6 is 0 Å². The number of benzene rings is 8. The van der Waals surface area contributed by atoms with Gasteiger partial charge >= 0.3 is 0 Å². The van der Waals surface area contributed by atoms with Gasteiger partial charge in [-0.2, -0.15) is 0 Å². The minimum atomic E-state index is -0.494. The van der Waals surface area contributed by atoms with Gasteiger partial charge in [0.05, 0.1) is 11.5 Å². The van der Waals surface area contributed by atoms with Crippen molar-refractivity contribution in [2.45, 2.75) is 30.7 Å². The molecule has 12 rings (SSSR count). The van der Waals surface area contributed by atoms with E-state index in [1.54, 1.807) is 0 Å². The second kappa shape index (κ2) is 15.3. The van der Waals surface area contributed by atoms with E-state index in [4.69, 9.17) is 0 Å². The maximum atomic E-state index is 2.67. The lowest BCUT2D eigenvalue weighted by Gasteiger charge is -2.40. The first-order valence-electron chi connectivity index (χ1n) is 22.3. The molecular weight excluding hydrogens is 761 g/mol. The number of para-hydroxylation sites is 1. The predicted octanol–water partition coefficient (Wildman–Crippen LogP) is 15.6. The number of hydrogen-bond donors (Lipinski definition) is 0. The molecule has 0 aromatic heterocycles. The van der Waals surface area contributed by atoms with Crippen LogP contribution in [0.5, 0.6) is 0 Å². The van der Waals surface area contributed by atoms with Gasteiger partial charge in [-0.05, 0) is 141 Å². The van der Waals surface area contributed by atoms with E-state index < -0.39 is 5.41 Å². The van der Waals surface area contributed by atoms with Crippen LogP contribution in [0.2, 0.25) is 0 Å². The zero-order valence-corrected chi connectivity index (χ0v) is 35.1. The summed E-state index contributed by atoms with van der Waals surface area (Å²) in [7, 11) is 0. The normalized spacial score (nSPS) is 17.8. The average molecular weight is 807 g/mol. The number of nitrogens with zero attached hydrogens (tertiary/aromatic N) is 2. The number of fused-ring (bicyclic) bond motifs is 9.